The smallest absolute Gasteiger partial charge is 0.306 e. The molecular weight excluding hydrogens is 769 g/mol. The summed E-state index contributed by atoms with van der Waals surface area (Å²) < 4.78 is 16.6. The van der Waals surface area contributed by atoms with Crippen LogP contribution in [0.5, 0.6) is 0 Å². The second kappa shape index (κ2) is 49.5. The van der Waals surface area contributed by atoms with Crippen LogP contribution >= 0.6 is 0 Å². The van der Waals surface area contributed by atoms with Crippen LogP contribution in [-0.4, -0.2) is 37.2 Å². The minimum absolute atomic E-state index is 0.123. The van der Waals surface area contributed by atoms with E-state index in [2.05, 4.69) is 93.7 Å². The molecule has 0 aromatic heterocycles. The van der Waals surface area contributed by atoms with Gasteiger partial charge in [-0.05, 0) is 89.9 Å². The maximum Gasteiger partial charge on any atom is 0.306 e. The highest BCUT2D eigenvalue weighted by atomic mass is 16.6. The number of hydrogen-bond acceptors (Lipinski definition) is 6. The van der Waals surface area contributed by atoms with Gasteiger partial charge in [0.05, 0.1) is 0 Å². The third-order valence-corrected chi connectivity index (χ3v) is 9.84. The molecule has 0 aromatic carbocycles. The predicted octanol–water partition coefficient (Wildman–Crippen LogP) is 16.1. The van der Waals surface area contributed by atoms with E-state index in [1.807, 2.05) is 48.6 Å². The fourth-order valence-electron chi connectivity index (χ4n) is 6.18. The number of allylic oxidation sites excluding steroid dienone is 20. The standard InChI is InChI=1S/C56H88O6/c1-4-7-10-13-16-19-22-24-26-27-28-30-31-34-37-40-43-46-49-55(58)61-52-53(51-60-54(57)48-45-42-39-36-33-21-18-15-12-9-6-3)62-56(59)50-47-44-41-38-35-32-29-25-23-20-17-14-11-8-5-2/h8-9,11-12,14,17-18,20-21,23,25-30,32,35-36,39,53H,4-7,10,13,15-16,19,22,24,31,33-34,37-38,40-52H2,1-3H3/b11-8-,12-9-,17-14-,21-18-,23-20-,27-26-,29-25-,30-28-,35-32-,39-36-. The second-order valence-corrected chi connectivity index (χ2v) is 15.8. The van der Waals surface area contributed by atoms with Gasteiger partial charge in [0.15, 0.2) is 6.10 Å². The van der Waals surface area contributed by atoms with Crippen LogP contribution in [0.15, 0.2) is 122 Å². The van der Waals surface area contributed by atoms with Gasteiger partial charge in [0.25, 0.3) is 0 Å². The van der Waals surface area contributed by atoms with Crippen molar-refractivity contribution in [1.82, 2.24) is 0 Å². The largest absolute Gasteiger partial charge is 0.462 e. The predicted molar refractivity (Wildman–Crippen MR) is 265 cm³/mol. The van der Waals surface area contributed by atoms with Gasteiger partial charge < -0.3 is 14.2 Å². The molecule has 0 aliphatic carbocycles. The van der Waals surface area contributed by atoms with Gasteiger partial charge in [-0.25, -0.2) is 0 Å². The molecule has 348 valence electrons. The molecule has 0 heterocycles. The van der Waals surface area contributed by atoms with E-state index in [0.717, 1.165) is 89.9 Å². The van der Waals surface area contributed by atoms with Crippen LogP contribution in [0.25, 0.3) is 0 Å². The first kappa shape index (κ1) is 57.8. The molecule has 0 spiro atoms. The van der Waals surface area contributed by atoms with Gasteiger partial charge in [-0.3, -0.25) is 14.4 Å². The molecule has 6 heteroatoms. The Morgan fingerprint density at radius 1 is 0.355 bits per heavy atom. The zero-order chi connectivity index (χ0) is 45.1. The maximum absolute atomic E-state index is 12.8. The lowest BCUT2D eigenvalue weighted by Crippen LogP contribution is -2.30. The van der Waals surface area contributed by atoms with Gasteiger partial charge in [0, 0.05) is 19.3 Å². The fourth-order valence-corrected chi connectivity index (χ4v) is 6.18. The summed E-state index contributed by atoms with van der Waals surface area (Å²) >= 11 is 0. The first-order valence-electron chi connectivity index (χ1n) is 24.6. The van der Waals surface area contributed by atoms with Crippen molar-refractivity contribution in [3.05, 3.63) is 122 Å². The topological polar surface area (TPSA) is 78.9 Å². The monoisotopic (exact) mass is 857 g/mol. The summed E-state index contributed by atoms with van der Waals surface area (Å²) in [4.78, 5) is 37.8. The van der Waals surface area contributed by atoms with Crippen molar-refractivity contribution in [3.8, 4) is 0 Å². The van der Waals surface area contributed by atoms with E-state index in [0.29, 0.717) is 19.3 Å². The maximum atomic E-state index is 12.8. The van der Waals surface area contributed by atoms with Crippen LogP contribution in [0.1, 0.15) is 194 Å². The Hall–Kier alpha value is -4.19. The molecule has 0 aliphatic rings. The summed E-state index contributed by atoms with van der Waals surface area (Å²) in [7, 11) is 0. The highest BCUT2D eigenvalue weighted by Gasteiger charge is 2.19. The number of carbonyl (C=O) groups is 3. The molecule has 62 heavy (non-hydrogen) atoms. The quantitative estimate of drug-likeness (QED) is 0.0200. The number of rotatable bonds is 42. The van der Waals surface area contributed by atoms with Crippen molar-refractivity contribution in [2.75, 3.05) is 13.2 Å². The van der Waals surface area contributed by atoms with Crippen molar-refractivity contribution in [1.29, 1.82) is 0 Å². The molecule has 0 radical (unpaired) electrons. The van der Waals surface area contributed by atoms with Crippen LogP contribution < -0.4 is 0 Å². The minimum atomic E-state index is -0.829. The first-order chi connectivity index (χ1) is 30.5. The molecule has 6 nitrogen and oxygen atoms in total. The zero-order valence-electron chi connectivity index (χ0n) is 39.6. The van der Waals surface area contributed by atoms with E-state index in [-0.39, 0.29) is 44.0 Å². The summed E-state index contributed by atoms with van der Waals surface area (Å²) in [6.07, 6.45) is 67.6. The Morgan fingerprint density at radius 3 is 1.26 bits per heavy atom. The molecule has 0 rings (SSSR count). The second-order valence-electron chi connectivity index (χ2n) is 15.8. The van der Waals surface area contributed by atoms with Crippen molar-refractivity contribution in [2.24, 2.45) is 0 Å². The Morgan fingerprint density at radius 2 is 0.726 bits per heavy atom. The van der Waals surface area contributed by atoms with Gasteiger partial charge in [-0.1, -0.05) is 206 Å². The van der Waals surface area contributed by atoms with Crippen molar-refractivity contribution >= 4 is 17.9 Å². The van der Waals surface area contributed by atoms with Crippen molar-refractivity contribution < 1.29 is 28.6 Å². The van der Waals surface area contributed by atoms with Crippen LogP contribution in [0.2, 0.25) is 0 Å². The summed E-state index contributed by atoms with van der Waals surface area (Å²) in [5, 5.41) is 0. The number of hydrogen-bond donors (Lipinski definition) is 0. The van der Waals surface area contributed by atoms with Gasteiger partial charge >= 0.3 is 17.9 Å². The van der Waals surface area contributed by atoms with E-state index in [9.17, 15) is 14.4 Å². The molecule has 0 aromatic rings. The molecule has 1 unspecified atom stereocenters. The lowest BCUT2D eigenvalue weighted by molar-refractivity contribution is -0.167. The molecule has 0 bridgehead atoms. The summed E-state index contributed by atoms with van der Waals surface area (Å²) in [6.45, 7) is 6.25. The molecular formula is C56H88O6. The van der Waals surface area contributed by atoms with Crippen LogP contribution in [0, 0.1) is 0 Å². The van der Waals surface area contributed by atoms with Crippen LogP contribution in [0.3, 0.4) is 0 Å². The first-order valence-corrected chi connectivity index (χ1v) is 24.6. The van der Waals surface area contributed by atoms with E-state index < -0.39 is 6.10 Å². The molecule has 0 fully saturated rings. The lowest BCUT2D eigenvalue weighted by Gasteiger charge is -2.18. The van der Waals surface area contributed by atoms with E-state index in [4.69, 9.17) is 14.2 Å². The molecule has 0 amide bonds. The van der Waals surface area contributed by atoms with E-state index in [1.165, 1.54) is 51.4 Å². The summed E-state index contributed by atoms with van der Waals surface area (Å²) in [5.74, 6) is -1.05. The Balaban J connectivity index is 4.54. The highest BCUT2D eigenvalue weighted by Crippen LogP contribution is 2.12. The van der Waals surface area contributed by atoms with Gasteiger partial charge in [-0.15, -0.1) is 0 Å². The summed E-state index contributed by atoms with van der Waals surface area (Å²) in [5.41, 5.74) is 0. The van der Waals surface area contributed by atoms with E-state index in [1.54, 1.807) is 0 Å². The van der Waals surface area contributed by atoms with Gasteiger partial charge in [-0.2, -0.15) is 0 Å². The van der Waals surface area contributed by atoms with Crippen LogP contribution in [-0.2, 0) is 28.6 Å². The Kier molecular flexibility index (Phi) is 46.1. The third-order valence-electron chi connectivity index (χ3n) is 9.84. The van der Waals surface area contributed by atoms with Crippen molar-refractivity contribution in [2.45, 2.75) is 200 Å². The molecule has 0 aliphatic heterocycles. The third kappa shape index (κ3) is 46.9. The number of unbranched alkanes of at least 4 members (excludes halogenated alkanes) is 16. The average molecular weight is 857 g/mol. The Labute approximate surface area is 380 Å². The highest BCUT2D eigenvalue weighted by molar-refractivity contribution is 5.71. The zero-order valence-corrected chi connectivity index (χ0v) is 39.6. The normalized spacial score (nSPS) is 13.1. The minimum Gasteiger partial charge on any atom is -0.462 e. The number of ether oxygens (including phenoxy) is 3. The van der Waals surface area contributed by atoms with E-state index >= 15 is 0 Å². The Bertz CT molecular complexity index is 1350. The molecule has 0 saturated heterocycles. The van der Waals surface area contributed by atoms with Crippen LogP contribution in [0.4, 0.5) is 0 Å². The van der Waals surface area contributed by atoms with Crippen molar-refractivity contribution in [3.63, 3.8) is 0 Å². The number of esters is 3. The van der Waals surface area contributed by atoms with Gasteiger partial charge in [0.2, 0.25) is 0 Å². The summed E-state index contributed by atoms with van der Waals surface area (Å²) in [6, 6.07) is 0. The number of carbonyl (C=O) groups excluding carboxylic acids is 3. The molecule has 1 atom stereocenters. The molecule has 0 saturated carbocycles. The molecule has 0 N–H and O–H groups in total. The van der Waals surface area contributed by atoms with Gasteiger partial charge in [0.1, 0.15) is 13.2 Å². The lowest BCUT2D eigenvalue weighted by atomic mass is 10.1. The average Bonchev–Trinajstić information content (AvgIpc) is 3.27. The fraction of sp³-hybridized carbons (Fsp3) is 0.589. The SMILES string of the molecule is CC\C=C/C=C\C=C/C=C\C=C/CCCCCC(=O)OC(COC(=O)CCC/C=C\C/C=C\C/C=C\CC)COC(=O)CCCCCCC/C=C\C=C/CCCCCCCCC.